The van der Waals surface area contributed by atoms with E-state index in [4.69, 9.17) is 15.3 Å². The maximum Gasteiger partial charge on any atom is 0.345 e. The summed E-state index contributed by atoms with van der Waals surface area (Å²) in [6.07, 6.45) is 6.12. The molecule has 1 aliphatic rings. The second kappa shape index (κ2) is 8.34. The van der Waals surface area contributed by atoms with Crippen LogP contribution in [0.15, 0.2) is 66.4 Å². The topological polar surface area (TPSA) is 130 Å². The number of thiophene rings is 1. The van der Waals surface area contributed by atoms with E-state index in [0.29, 0.717) is 4.88 Å². The van der Waals surface area contributed by atoms with Crippen LogP contribution in [0.5, 0.6) is 0 Å². The summed E-state index contributed by atoms with van der Waals surface area (Å²) in [5, 5.41) is 31.5. The smallest absolute Gasteiger partial charge is 0.345 e. The summed E-state index contributed by atoms with van der Waals surface area (Å²) in [5.41, 5.74) is -0.0173. The van der Waals surface area contributed by atoms with E-state index in [1.54, 1.807) is 16.9 Å². The van der Waals surface area contributed by atoms with Gasteiger partial charge in [-0.25, -0.2) is 14.3 Å². The molecule has 9 heteroatoms. The molecule has 0 amide bonds. The lowest BCUT2D eigenvalue weighted by atomic mass is 9.80. The van der Waals surface area contributed by atoms with Gasteiger partial charge in [0.15, 0.2) is 0 Å². The molecule has 0 saturated heterocycles. The zero-order chi connectivity index (χ0) is 21.9. The average molecular weight is 426 g/mol. The van der Waals surface area contributed by atoms with E-state index in [1.807, 2.05) is 30.3 Å². The van der Waals surface area contributed by atoms with E-state index >= 15 is 0 Å². The number of carboxylic acids is 3. The molecule has 1 aromatic carbocycles. The van der Waals surface area contributed by atoms with Crippen LogP contribution in [0.1, 0.15) is 23.0 Å². The van der Waals surface area contributed by atoms with E-state index < -0.39 is 23.3 Å². The Balaban J connectivity index is 0.000000178. The van der Waals surface area contributed by atoms with Crippen LogP contribution in [0.3, 0.4) is 0 Å². The van der Waals surface area contributed by atoms with E-state index in [9.17, 15) is 14.4 Å². The molecule has 2 heterocycles. The summed E-state index contributed by atoms with van der Waals surface area (Å²) in [7, 11) is 0. The van der Waals surface area contributed by atoms with Crippen LogP contribution in [0.4, 0.5) is 0 Å². The maximum atomic E-state index is 10.9. The lowest BCUT2D eigenvalue weighted by Crippen LogP contribution is -2.28. The van der Waals surface area contributed by atoms with Crippen molar-refractivity contribution in [2.45, 2.75) is 13.3 Å². The molecule has 0 aliphatic heterocycles. The molecule has 3 N–H and O–H groups in total. The quantitative estimate of drug-likeness (QED) is 0.578. The zero-order valence-electron chi connectivity index (χ0n) is 15.8. The number of aromatic nitrogens is 2. The molecule has 154 valence electrons. The van der Waals surface area contributed by atoms with Gasteiger partial charge in [0.05, 0.1) is 17.3 Å². The van der Waals surface area contributed by atoms with Crippen molar-refractivity contribution in [3.8, 4) is 5.69 Å². The molecule has 4 rings (SSSR count). The van der Waals surface area contributed by atoms with E-state index in [-0.39, 0.29) is 12.0 Å². The van der Waals surface area contributed by atoms with Crippen molar-refractivity contribution >= 4 is 39.5 Å². The van der Waals surface area contributed by atoms with Crippen LogP contribution in [0.25, 0.3) is 15.9 Å². The number of nitrogens with zero attached hydrogens (tertiary/aromatic N) is 2. The Morgan fingerprint density at radius 3 is 2.40 bits per heavy atom. The number of benzene rings is 1. The Bertz CT molecular complexity index is 1170. The van der Waals surface area contributed by atoms with Gasteiger partial charge in [-0.15, -0.1) is 11.3 Å². The third-order valence-corrected chi connectivity index (χ3v) is 5.65. The summed E-state index contributed by atoms with van der Waals surface area (Å²) in [6.45, 7) is 1.50. The minimum Gasteiger partial charge on any atom is -0.481 e. The lowest BCUT2D eigenvalue weighted by molar-refractivity contribution is -0.145. The molecular formula is C21H18N2O6S. The molecule has 3 aromatic rings. The number of para-hydroxylation sites is 1. The lowest BCUT2D eigenvalue weighted by Gasteiger charge is -2.23. The predicted octanol–water partition coefficient (Wildman–Crippen LogP) is 3.83. The number of carbonyl (C=O) groups is 3. The molecule has 30 heavy (non-hydrogen) atoms. The van der Waals surface area contributed by atoms with Crippen molar-refractivity contribution in [2.24, 2.45) is 5.41 Å². The Morgan fingerprint density at radius 1 is 1.10 bits per heavy atom. The van der Waals surface area contributed by atoms with Gasteiger partial charge in [0.2, 0.25) is 0 Å². The molecule has 1 atom stereocenters. The standard InChI is InChI=1S/C12H8N2O2S.C9H10O4/c15-12(16)10-6-8-7-13-14(11(8)17-10)9-4-2-1-3-5-9;1-9(8(12)13)4-2-3-6(5-9)7(10)11/h1-7H,(H,15,16);2-4H,5H2,1H3,(H,10,11)(H,12,13). The number of fused-ring (bicyclic) bond motifs is 1. The number of hydrogen-bond donors (Lipinski definition) is 3. The van der Waals surface area contributed by atoms with Crippen LogP contribution in [0, 0.1) is 5.41 Å². The third kappa shape index (κ3) is 4.31. The Hall–Kier alpha value is -3.72. The van der Waals surface area contributed by atoms with Crippen molar-refractivity contribution in [3.05, 3.63) is 71.3 Å². The van der Waals surface area contributed by atoms with Gasteiger partial charge >= 0.3 is 17.9 Å². The van der Waals surface area contributed by atoms with Crippen LogP contribution in [-0.4, -0.2) is 43.0 Å². The molecule has 0 spiro atoms. The molecular weight excluding hydrogens is 408 g/mol. The first kappa shape index (κ1) is 21.0. The second-order valence-electron chi connectivity index (χ2n) is 6.82. The Labute approximate surface area is 175 Å². The van der Waals surface area contributed by atoms with Crippen LogP contribution in [-0.2, 0) is 9.59 Å². The van der Waals surface area contributed by atoms with E-state index in [1.165, 1.54) is 36.5 Å². The number of aromatic carboxylic acids is 1. The minimum atomic E-state index is -1.08. The summed E-state index contributed by atoms with van der Waals surface area (Å²) in [6, 6.07) is 11.3. The molecule has 0 radical (unpaired) electrons. The van der Waals surface area contributed by atoms with E-state index in [2.05, 4.69) is 5.10 Å². The highest BCUT2D eigenvalue weighted by molar-refractivity contribution is 7.20. The molecule has 8 nitrogen and oxygen atoms in total. The second-order valence-corrected chi connectivity index (χ2v) is 7.85. The summed E-state index contributed by atoms with van der Waals surface area (Å²) in [4.78, 5) is 33.4. The van der Waals surface area contributed by atoms with Gasteiger partial charge in [-0.3, -0.25) is 4.79 Å². The van der Waals surface area contributed by atoms with Gasteiger partial charge in [-0.05, 0) is 31.5 Å². The first-order valence-corrected chi connectivity index (χ1v) is 9.64. The minimum absolute atomic E-state index is 0.0359. The number of aliphatic carboxylic acids is 2. The van der Waals surface area contributed by atoms with Crippen molar-refractivity contribution in [2.75, 3.05) is 0 Å². The molecule has 2 aromatic heterocycles. The third-order valence-electron chi connectivity index (χ3n) is 4.54. The molecule has 1 unspecified atom stereocenters. The largest absolute Gasteiger partial charge is 0.481 e. The highest BCUT2D eigenvalue weighted by Gasteiger charge is 2.34. The average Bonchev–Trinajstić information content (AvgIpc) is 3.30. The zero-order valence-corrected chi connectivity index (χ0v) is 16.7. The van der Waals surface area contributed by atoms with Gasteiger partial charge < -0.3 is 15.3 Å². The number of allylic oxidation sites excluding steroid dienone is 2. The van der Waals surface area contributed by atoms with Crippen LogP contribution >= 0.6 is 11.3 Å². The number of hydrogen-bond acceptors (Lipinski definition) is 5. The summed E-state index contributed by atoms with van der Waals surface area (Å²) < 4.78 is 1.76. The van der Waals surface area contributed by atoms with Crippen molar-refractivity contribution in [1.82, 2.24) is 9.78 Å². The fourth-order valence-electron chi connectivity index (χ4n) is 2.87. The summed E-state index contributed by atoms with van der Waals surface area (Å²) in [5.74, 6) is -2.96. The summed E-state index contributed by atoms with van der Waals surface area (Å²) >= 11 is 1.23. The monoisotopic (exact) mass is 426 g/mol. The number of rotatable bonds is 4. The van der Waals surface area contributed by atoms with Gasteiger partial charge in [-0.2, -0.15) is 5.10 Å². The van der Waals surface area contributed by atoms with Gasteiger partial charge in [0, 0.05) is 11.0 Å². The predicted molar refractivity (Wildman–Crippen MR) is 111 cm³/mol. The first-order valence-electron chi connectivity index (χ1n) is 8.82. The van der Waals surface area contributed by atoms with Gasteiger partial charge in [0.25, 0.3) is 0 Å². The fraction of sp³-hybridized carbons (Fsp3) is 0.143. The van der Waals surface area contributed by atoms with Gasteiger partial charge in [0.1, 0.15) is 9.71 Å². The van der Waals surface area contributed by atoms with Crippen molar-refractivity contribution in [3.63, 3.8) is 0 Å². The molecule has 0 bridgehead atoms. The van der Waals surface area contributed by atoms with Crippen LogP contribution < -0.4 is 0 Å². The molecule has 1 aliphatic carbocycles. The normalized spacial score (nSPS) is 17.7. The van der Waals surface area contributed by atoms with Crippen molar-refractivity contribution in [1.29, 1.82) is 0 Å². The van der Waals surface area contributed by atoms with Gasteiger partial charge in [-0.1, -0.05) is 36.4 Å². The van der Waals surface area contributed by atoms with E-state index in [0.717, 1.165) is 15.9 Å². The molecule has 0 saturated carbocycles. The SMILES string of the molecule is CC1(C(=O)O)C=CC=C(C(=O)O)C1.O=C(O)c1cc2cnn(-c3ccccc3)c2s1. The highest BCUT2D eigenvalue weighted by atomic mass is 32.1. The van der Waals surface area contributed by atoms with Crippen molar-refractivity contribution < 1.29 is 29.7 Å². The Kier molecular flexibility index (Phi) is 5.84. The van der Waals surface area contributed by atoms with Crippen LogP contribution in [0.2, 0.25) is 0 Å². The fourth-order valence-corrected chi connectivity index (χ4v) is 3.82. The number of carboxylic acid groups (broad SMARTS) is 3. The maximum absolute atomic E-state index is 10.9. The first-order chi connectivity index (χ1) is 14.2. The molecule has 0 fully saturated rings. The Morgan fingerprint density at radius 2 is 1.80 bits per heavy atom. The highest BCUT2D eigenvalue weighted by Crippen LogP contribution is 2.31.